The van der Waals surface area contributed by atoms with Crippen molar-refractivity contribution in [3.8, 4) is 11.4 Å². The van der Waals surface area contributed by atoms with Crippen molar-refractivity contribution < 1.29 is 0 Å². The van der Waals surface area contributed by atoms with E-state index in [1.807, 2.05) is 18.2 Å². The molecular weight excluding hydrogens is 254 g/mol. The van der Waals surface area contributed by atoms with Gasteiger partial charge in [0, 0.05) is 18.0 Å². The van der Waals surface area contributed by atoms with Gasteiger partial charge in [0.05, 0.1) is 0 Å². The molecule has 0 saturated carbocycles. The largest absolute Gasteiger partial charge is 0.303 e. The summed E-state index contributed by atoms with van der Waals surface area (Å²) in [5.41, 5.74) is 1.13. The lowest BCUT2D eigenvalue weighted by molar-refractivity contribution is 0.0870. The summed E-state index contributed by atoms with van der Waals surface area (Å²) in [5, 5.41) is 1.24. The molecule has 0 radical (unpaired) electrons. The molecular formula is C15H17N3S. The first kappa shape index (κ1) is 11.6. The molecule has 0 amide bonds. The first-order valence-corrected chi connectivity index (χ1v) is 7.79. The highest BCUT2D eigenvalue weighted by Crippen LogP contribution is 2.39. The third-order valence-electron chi connectivity index (χ3n) is 4.45. The summed E-state index contributed by atoms with van der Waals surface area (Å²) in [6.07, 6.45) is 2.68. The van der Waals surface area contributed by atoms with E-state index >= 15 is 0 Å². The Labute approximate surface area is 117 Å². The van der Waals surface area contributed by atoms with Crippen LogP contribution in [0.25, 0.3) is 11.4 Å². The normalized spacial score (nSPS) is 29.6. The van der Waals surface area contributed by atoms with E-state index in [1.165, 1.54) is 37.5 Å². The summed E-state index contributed by atoms with van der Waals surface area (Å²) >= 11 is 1.60. The van der Waals surface area contributed by atoms with Gasteiger partial charge in [0.2, 0.25) is 0 Å². The molecule has 3 fully saturated rings. The topological polar surface area (TPSA) is 29.0 Å². The van der Waals surface area contributed by atoms with Gasteiger partial charge < -0.3 is 4.90 Å². The number of piperidine rings is 3. The Morgan fingerprint density at radius 2 is 1.89 bits per heavy atom. The molecule has 2 bridgehead atoms. The fraction of sp³-hybridized carbons (Fsp3) is 0.467. The Kier molecular flexibility index (Phi) is 2.85. The third-order valence-corrected chi connectivity index (χ3v) is 5.29. The fourth-order valence-corrected chi connectivity index (χ4v) is 4.19. The summed E-state index contributed by atoms with van der Waals surface area (Å²) in [4.78, 5) is 7.38. The maximum absolute atomic E-state index is 4.80. The summed E-state index contributed by atoms with van der Waals surface area (Å²) in [7, 11) is 0. The molecule has 4 heterocycles. The SMILES string of the molecule is c1ccc(-c2nsc(C3CN4CCC3CC4)n2)cc1. The van der Waals surface area contributed by atoms with Crippen LogP contribution in [-0.2, 0) is 0 Å². The van der Waals surface area contributed by atoms with E-state index in [1.54, 1.807) is 11.5 Å². The zero-order valence-electron chi connectivity index (χ0n) is 10.8. The second-order valence-electron chi connectivity index (χ2n) is 5.57. The second-order valence-corrected chi connectivity index (χ2v) is 6.35. The van der Waals surface area contributed by atoms with Crippen molar-refractivity contribution >= 4 is 11.5 Å². The number of hydrogen-bond acceptors (Lipinski definition) is 4. The van der Waals surface area contributed by atoms with Gasteiger partial charge in [-0.25, -0.2) is 4.98 Å². The van der Waals surface area contributed by atoms with E-state index in [4.69, 9.17) is 4.98 Å². The molecule has 1 unspecified atom stereocenters. The van der Waals surface area contributed by atoms with Crippen LogP contribution >= 0.6 is 11.5 Å². The Balaban J connectivity index is 1.62. The molecule has 1 atom stereocenters. The van der Waals surface area contributed by atoms with E-state index in [2.05, 4.69) is 21.4 Å². The summed E-state index contributed by atoms with van der Waals surface area (Å²) in [5.74, 6) is 2.36. The van der Waals surface area contributed by atoms with E-state index in [0.717, 1.165) is 17.3 Å². The van der Waals surface area contributed by atoms with Gasteiger partial charge in [-0.05, 0) is 43.4 Å². The molecule has 1 aromatic heterocycles. The standard InChI is InChI=1S/C15H17N3S/c1-2-4-12(5-3-1)14-16-15(19-17-14)13-10-18-8-6-11(13)7-9-18/h1-5,11,13H,6-10H2. The lowest BCUT2D eigenvalue weighted by Crippen LogP contribution is -2.46. The Bertz CT molecular complexity index is 558. The van der Waals surface area contributed by atoms with Gasteiger partial charge in [-0.15, -0.1) is 0 Å². The summed E-state index contributed by atoms with van der Waals surface area (Å²) in [6.45, 7) is 3.76. The van der Waals surface area contributed by atoms with Gasteiger partial charge >= 0.3 is 0 Å². The Morgan fingerprint density at radius 1 is 1.11 bits per heavy atom. The highest BCUT2D eigenvalue weighted by atomic mass is 32.1. The van der Waals surface area contributed by atoms with Crippen LogP contribution in [0.15, 0.2) is 30.3 Å². The maximum atomic E-state index is 4.80. The third kappa shape index (κ3) is 2.09. The van der Waals surface area contributed by atoms with Crippen molar-refractivity contribution in [1.82, 2.24) is 14.3 Å². The molecule has 98 valence electrons. The number of nitrogens with zero attached hydrogens (tertiary/aromatic N) is 3. The van der Waals surface area contributed by atoms with Crippen molar-refractivity contribution in [1.29, 1.82) is 0 Å². The second kappa shape index (κ2) is 4.69. The van der Waals surface area contributed by atoms with Crippen molar-refractivity contribution in [3.63, 3.8) is 0 Å². The molecule has 2 aromatic rings. The molecule has 0 aliphatic carbocycles. The number of rotatable bonds is 2. The van der Waals surface area contributed by atoms with Crippen LogP contribution in [0, 0.1) is 5.92 Å². The average Bonchev–Trinajstić information content (AvgIpc) is 2.99. The lowest BCUT2D eigenvalue weighted by atomic mass is 9.79. The molecule has 3 nitrogen and oxygen atoms in total. The quantitative estimate of drug-likeness (QED) is 0.840. The van der Waals surface area contributed by atoms with E-state index in [0.29, 0.717) is 5.92 Å². The predicted octanol–water partition coefficient (Wildman–Crippen LogP) is 3.01. The van der Waals surface area contributed by atoms with Crippen molar-refractivity contribution in [2.75, 3.05) is 19.6 Å². The smallest absolute Gasteiger partial charge is 0.173 e. The monoisotopic (exact) mass is 271 g/mol. The molecule has 3 saturated heterocycles. The van der Waals surface area contributed by atoms with Crippen LogP contribution < -0.4 is 0 Å². The molecule has 5 rings (SSSR count). The summed E-state index contributed by atoms with van der Waals surface area (Å²) < 4.78 is 4.56. The first-order valence-electron chi connectivity index (χ1n) is 7.01. The number of aromatic nitrogens is 2. The van der Waals surface area contributed by atoms with Crippen molar-refractivity contribution in [2.24, 2.45) is 5.92 Å². The van der Waals surface area contributed by atoms with Crippen LogP contribution in [0.5, 0.6) is 0 Å². The minimum Gasteiger partial charge on any atom is -0.303 e. The van der Waals surface area contributed by atoms with Crippen LogP contribution in [0.4, 0.5) is 0 Å². The molecule has 4 heteroatoms. The molecule has 0 N–H and O–H groups in total. The minimum atomic E-state index is 0.623. The highest BCUT2D eigenvalue weighted by Gasteiger charge is 2.36. The van der Waals surface area contributed by atoms with E-state index in [-0.39, 0.29) is 0 Å². The fourth-order valence-electron chi connectivity index (χ4n) is 3.34. The lowest BCUT2D eigenvalue weighted by Gasteiger charge is -2.43. The molecule has 19 heavy (non-hydrogen) atoms. The van der Waals surface area contributed by atoms with Gasteiger partial charge in [-0.2, -0.15) is 4.37 Å². The summed E-state index contributed by atoms with van der Waals surface area (Å²) in [6, 6.07) is 10.3. The number of fused-ring (bicyclic) bond motifs is 3. The zero-order chi connectivity index (χ0) is 12.7. The van der Waals surface area contributed by atoms with Gasteiger partial charge in [0.25, 0.3) is 0 Å². The number of benzene rings is 1. The van der Waals surface area contributed by atoms with Gasteiger partial charge in [0.15, 0.2) is 5.82 Å². The van der Waals surface area contributed by atoms with Gasteiger partial charge in [0.1, 0.15) is 5.01 Å². The number of hydrogen-bond donors (Lipinski definition) is 0. The Hall–Kier alpha value is -1.26. The predicted molar refractivity (Wildman–Crippen MR) is 77.3 cm³/mol. The van der Waals surface area contributed by atoms with Crippen LogP contribution in [-0.4, -0.2) is 33.9 Å². The van der Waals surface area contributed by atoms with Gasteiger partial charge in [-0.3, -0.25) is 0 Å². The van der Waals surface area contributed by atoms with E-state index in [9.17, 15) is 0 Å². The van der Waals surface area contributed by atoms with Crippen LogP contribution in [0.2, 0.25) is 0 Å². The Morgan fingerprint density at radius 3 is 2.58 bits per heavy atom. The maximum Gasteiger partial charge on any atom is 0.173 e. The molecule has 3 aliphatic rings. The minimum absolute atomic E-state index is 0.623. The highest BCUT2D eigenvalue weighted by molar-refractivity contribution is 7.05. The van der Waals surface area contributed by atoms with E-state index < -0.39 is 0 Å². The van der Waals surface area contributed by atoms with Gasteiger partial charge in [-0.1, -0.05) is 30.3 Å². The van der Waals surface area contributed by atoms with Crippen LogP contribution in [0.3, 0.4) is 0 Å². The molecule has 1 aromatic carbocycles. The average molecular weight is 271 g/mol. The van der Waals surface area contributed by atoms with Crippen molar-refractivity contribution in [3.05, 3.63) is 35.3 Å². The van der Waals surface area contributed by atoms with Crippen molar-refractivity contribution in [2.45, 2.75) is 18.8 Å². The zero-order valence-corrected chi connectivity index (χ0v) is 11.6. The first-order chi connectivity index (χ1) is 9.40. The molecule has 0 spiro atoms. The van der Waals surface area contributed by atoms with Crippen LogP contribution in [0.1, 0.15) is 23.8 Å². The molecule has 3 aliphatic heterocycles.